The quantitative estimate of drug-likeness (QED) is 0.711. The first kappa shape index (κ1) is 8.97. The summed E-state index contributed by atoms with van der Waals surface area (Å²) in [5.74, 6) is -0.945. The lowest BCUT2D eigenvalue weighted by molar-refractivity contribution is 0.549. The van der Waals surface area contributed by atoms with E-state index in [9.17, 15) is 8.78 Å². The standard InChI is InChI=1S/C11H10F2N2/c12-7-2-10(15-11(13)3-7)9-4-8-1-6(9)5-14-8/h2-4,6,8,14H,1,5H2. The van der Waals surface area contributed by atoms with Crippen molar-refractivity contribution in [3.8, 4) is 0 Å². The maximum atomic E-state index is 13.0. The zero-order chi connectivity index (χ0) is 10.4. The van der Waals surface area contributed by atoms with Gasteiger partial charge in [-0.3, -0.25) is 0 Å². The summed E-state index contributed by atoms with van der Waals surface area (Å²) in [7, 11) is 0. The minimum atomic E-state index is -0.748. The van der Waals surface area contributed by atoms with Crippen LogP contribution in [0, 0.1) is 17.7 Å². The number of aromatic nitrogens is 1. The maximum absolute atomic E-state index is 13.0. The molecular weight excluding hydrogens is 198 g/mol. The van der Waals surface area contributed by atoms with Crippen LogP contribution in [0.4, 0.5) is 8.78 Å². The third-order valence-electron chi connectivity index (χ3n) is 3.04. The van der Waals surface area contributed by atoms with E-state index in [-0.39, 0.29) is 0 Å². The molecule has 1 aliphatic carbocycles. The molecule has 1 N–H and O–H groups in total. The van der Waals surface area contributed by atoms with Gasteiger partial charge in [-0.15, -0.1) is 0 Å². The van der Waals surface area contributed by atoms with Gasteiger partial charge in [0.1, 0.15) is 5.82 Å². The molecule has 2 aliphatic rings. The second-order valence-electron chi connectivity index (χ2n) is 4.06. The van der Waals surface area contributed by atoms with Crippen LogP contribution in [0.15, 0.2) is 18.2 Å². The summed E-state index contributed by atoms with van der Waals surface area (Å²) in [6, 6.07) is 2.46. The minimum Gasteiger partial charge on any atom is -0.310 e. The average Bonchev–Trinajstić information content (AvgIpc) is 2.76. The van der Waals surface area contributed by atoms with E-state index in [2.05, 4.69) is 10.3 Å². The highest BCUT2D eigenvalue weighted by molar-refractivity contribution is 5.69. The highest BCUT2D eigenvalue weighted by atomic mass is 19.1. The van der Waals surface area contributed by atoms with Crippen LogP contribution in [0.3, 0.4) is 0 Å². The van der Waals surface area contributed by atoms with Crippen molar-refractivity contribution in [3.63, 3.8) is 0 Å². The van der Waals surface area contributed by atoms with Gasteiger partial charge >= 0.3 is 0 Å². The second-order valence-corrected chi connectivity index (χ2v) is 4.06. The van der Waals surface area contributed by atoms with Gasteiger partial charge in [-0.2, -0.15) is 4.39 Å². The van der Waals surface area contributed by atoms with Crippen LogP contribution in [0.1, 0.15) is 12.1 Å². The highest BCUT2D eigenvalue weighted by Crippen LogP contribution is 2.36. The Hall–Kier alpha value is -1.29. The zero-order valence-corrected chi connectivity index (χ0v) is 8.00. The number of hydrogen-bond donors (Lipinski definition) is 1. The van der Waals surface area contributed by atoms with Crippen molar-refractivity contribution in [2.24, 2.45) is 5.92 Å². The molecule has 0 spiro atoms. The van der Waals surface area contributed by atoms with E-state index in [0.29, 0.717) is 17.7 Å². The summed E-state index contributed by atoms with van der Waals surface area (Å²) >= 11 is 0. The molecule has 0 amide bonds. The Balaban J connectivity index is 2.03. The summed E-state index contributed by atoms with van der Waals surface area (Å²) in [6.07, 6.45) is 3.05. The van der Waals surface area contributed by atoms with E-state index in [1.54, 1.807) is 0 Å². The molecule has 2 heterocycles. The second kappa shape index (κ2) is 3.10. The van der Waals surface area contributed by atoms with E-state index >= 15 is 0 Å². The molecule has 1 saturated heterocycles. The lowest BCUT2D eigenvalue weighted by atomic mass is 9.99. The van der Waals surface area contributed by atoms with Crippen molar-refractivity contribution >= 4 is 5.57 Å². The number of halogens is 2. The van der Waals surface area contributed by atoms with Gasteiger partial charge in [0.15, 0.2) is 0 Å². The topological polar surface area (TPSA) is 24.9 Å². The molecular formula is C11H10F2N2. The summed E-state index contributed by atoms with van der Waals surface area (Å²) < 4.78 is 25.9. The molecule has 1 aromatic heterocycles. The predicted octanol–water partition coefficient (Wildman–Crippen LogP) is 1.73. The molecule has 2 atom stereocenters. The van der Waals surface area contributed by atoms with E-state index in [4.69, 9.17) is 0 Å². The van der Waals surface area contributed by atoms with E-state index in [1.165, 1.54) is 6.07 Å². The van der Waals surface area contributed by atoms with Crippen LogP contribution in [-0.4, -0.2) is 17.6 Å². The molecule has 1 fully saturated rings. The van der Waals surface area contributed by atoms with Crippen molar-refractivity contribution < 1.29 is 8.78 Å². The van der Waals surface area contributed by atoms with Gasteiger partial charge in [0.05, 0.1) is 5.69 Å². The van der Waals surface area contributed by atoms with Gasteiger partial charge in [0.2, 0.25) is 5.95 Å². The van der Waals surface area contributed by atoms with Crippen LogP contribution >= 0.6 is 0 Å². The molecule has 2 nitrogen and oxygen atoms in total. The fraction of sp³-hybridized carbons (Fsp3) is 0.364. The van der Waals surface area contributed by atoms with Crippen molar-refractivity contribution in [1.29, 1.82) is 0 Å². The van der Waals surface area contributed by atoms with Crippen LogP contribution in [0.5, 0.6) is 0 Å². The Labute approximate surface area is 86.0 Å². The average molecular weight is 208 g/mol. The van der Waals surface area contributed by atoms with Crippen molar-refractivity contribution in [2.45, 2.75) is 12.5 Å². The summed E-state index contributed by atoms with van der Waals surface area (Å²) in [5.41, 5.74) is 1.43. The number of fused-ring (bicyclic) bond motifs is 2. The number of pyridine rings is 1. The van der Waals surface area contributed by atoms with Gasteiger partial charge < -0.3 is 5.32 Å². The van der Waals surface area contributed by atoms with Crippen molar-refractivity contribution in [1.82, 2.24) is 10.3 Å². The Morgan fingerprint density at radius 3 is 2.80 bits per heavy atom. The molecule has 2 bridgehead atoms. The third kappa shape index (κ3) is 1.45. The number of nitrogens with one attached hydrogen (secondary N) is 1. The molecule has 78 valence electrons. The Morgan fingerprint density at radius 1 is 1.33 bits per heavy atom. The van der Waals surface area contributed by atoms with Crippen molar-refractivity contribution in [3.05, 3.63) is 35.7 Å². The van der Waals surface area contributed by atoms with Crippen LogP contribution in [0.25, 0.3) is 5.57 Å². The van der Waals surface area contributed by atoms with E-state index < -0.39 is 11.8 Å². The fourth-order valence-corrected chi connectivity index (χ4v) is 2.39. The molecule has 0 aromatic carbocycles. The van der Waals surface area contributed by atoms with Gasteiger partial charge in [-0.25, -0.2) is 9.37 Å². The van der Waals surface area contributed by atoms with Gasteiger partial charge in [-0.1, -0.05) is 6.08 Å². The third-order valence-corrected chi connectivity index (χ3v) is 3.04. The van der Waals surface area contributed by atoms with Gasteiger partial charge in [0.25, 0.3) is 0 Å². The molecule has 1 aliphatic heterocycles. The van der Waals surface area contributed by atoms with Crippen LogP contribution < -0.4 is 5.32 Å². The Bertz CT molecular complexity index is 422. The fourth-order valence-electron chi connectivity index (χ4n) is 2.39. The number of rotatable bonds is 1. The molecule has 3 rings (SSSR count). The lowest BCUT2D eigenvalue weighted by Gasteiger charge is -2.13. The SMILES string of the molecule is Fc1cc(F)nc(C2=CC3CC2CN3)c1. The number of nitrogens with zero attached hydrogens (tertiary/aromatic N) is 1. The minimum absolute atomic E-state index is 0.359. The van der Waals surface area contributed by atoms with Crippen molar-refractivity contribution in [2.75, 3.05) is 6.54 Å². The number of hydrogen-bond acceptors (Lipinski definition) is 2. The van der Waals surface area contributed by atoms with E-state index in [0.717, 1.165) is 24.6 Å². The largest absolute Gasteiger partial charge is 0.310 e. The highest BCUT2D eigenvalue weighted by Gasteiger charge is 2.33. The van der Waals surface area contributed by atoms with E-state index in [1.807, 2.05) is 6.08 Å². The Morgan fingerprint density at radius 2 is 2.20 bits per heavy atom. The summed E-state index contributed by atoms with van der Waals surface area (Å²) in [5, 5.41) is 3.29. The molecule has 4 heteroatoms. The van der Waals surface area contributed by atoms with Gasteiger partial charge in [0, 0.05) is 30.6 Å². The lowest BCUT2D eigenvalue weighted by Crippen LogP contribution is -2.22. The maximum Gasteiger partial charge on any atom is 0.216 e. The first-order chi connectivity index (χ1) is 7.22. The normalized spacial score (nSPS) is 28.3. The van der Waals surface area contributed by atoms with Crippen LogP contribution in [0.2, 0.25) is 0 Å². The summed E-state index contributed by atoms with van der Waals surface area (Å²) in [6.45, 7) is 0.885. The molecule has 15 heavy (non-hydrogen) atoms. The van der Waals surface area contributed by atoms with Crippen LogP contribution in [-0.2, 0) is 0 Å². The molecule has 1 aromatic rings. The first-order valence-corrected chi connectivity index (χ1v) is 5.01. The first-order valence-electron chi connectivity index (χ1n) is 5.01. The monoisotopic (exact) mass is 208 g/mol. The zero-order valence-electron chi connectivity index (χ0n) is 8.00. The summed E-state index contributed by atoms with van der Waals surface area (Å²) in [4.78, 5) is 3.73. The Kier molecular flexibility index (Phi) is 1.85. The van der Waals surface area contributed by atoms with Gasteiger partial charge in [-0.05, 0) is 12.0 Å². The predicted molar refractivity (Wildman–Crippen MR) is 52.0 cm³/mol. The smallest absolute Gasteiger partial charge is 0.216 e. The molecule has 0 radical (unpaired) electrons. The molecule has 2 unspecified atom stereocenters. The molecule has 0 saturated carbocycles.